The Kier molecular flexibility index (Phi) is 3.51. The number of rotatable bonds is 4. The molecule has 2 N–H and O–H groups in total. The van der Waals surface area contributed by atoms with E-state index in [2.05, 4.69) is 0 Å². The van der Waals surface area contributed by atoms with Crippen molar-refractivity contribution in [3.63, 3.8) is 0 Å². The molecule has 80 valence electrons. The van der Waals surface area contributed by atoms with Crippen LogP contribution in [0.2, 0.25) is 0 Å². The second-order valence-electron chi connectivity index (χ2n) is 2.82. The van der Waals surface area contributed by atoms with Crippen LogP contribution >= 0.6 is 0 Å². The molecule has 0 rings (SSSR count). The fraction of sp³-hybridized carbons (Fsp3) is 1.00. The second-order valence-corrected chi connectivity index (χ2v) is 8.39. The Morgan fingerprint density at radius 3 is 1.38 bits per heavy atom. The highest BCUT2D eigenvalue weighted by Crippen LogP contribution is 2.19. The number of sulfone groups is 2. The molecule has 0 bridgehead atoms. The molecule has 0 heterocycles. The van der Waals surface area contributed by atoms with Crippen molar-refractivity contribution >= 4 is 19.7 Å². The molecule has 0 amide bonds. The fourth-order valence-electron chi connectivity index (χ4n) is 0.767. The highest BCUT2D eigenvalue weighted by Gasteiger charge is 2.45. The highest BCUT2D eigenvalue weighted by atomic mass is 32.3. The SMILES string of the molecule is CCS(=O)(=O)C(C)(N)S(=O)(=O)CC. The van der Waals surface area contributed by atoms with Crippen LogP contribution in [0, 0.1) is 0 Å². The third-order valence-electron chi connectivity index (χ3n) is 2.00. The maximum atomic E-state index is 11.3. The standard InChI is InChI=1S/C6H15NO4S2/c1-4-12(8,9)6(3,7)13(10,11)5-2/h4-5,7H2,1-3H3. The van der Waals surface area contributed by atoms with Crippen molar-refractivity contribution in [1.29, 1.82) is 0 Å². The monoisotopic (exact) mass is 229 g/mol. The van der Waals surface area contributed by atoms with E-state index in [-0.39, 0.29) is 11.5 Å². The van der Waals surface area contributed by atoms with Gasteiger partial charge in [0, 0.05) is 0 Å². The van der Waals surface area contributed by atoms with Crippen LogP contribution in [0.25, 0.3) is 0 Å². The van der Waals surface area contributed by atoms with Gasteiger partial charge in [0.25, 0.3) is 0 Å². The average Bonchev–Trinajstić information content (AvgIpc) is 2.03. The summed E-state index contributed by atoms with van der Waals surface area (Å²) < 4.78 is 43.1. The molecule has 0 aliphatic carbocycles. The predicted molar refractivity (Wildman–Crippen MR) is 51.5 cm³/mol. The van der Waals surface area contributed by atoms with Gasteiger partial charge in [-0.05, 0) is 6.92 Å². The minimum absolute atomic E-state index is 0.279. The topological polar surface area (TPSA) is 94.3 Å². The summed E-state index contributed by atoms with van der Waals surface area (Å²) >= 11 is 0. The minimum atomic E-state index is -3.78. The first-order valence-corrected chi connectivity index (χ1v) is 7.16. The highest BCUT2D eigenvalue weighted by molar-refractivity contribution is 8.10. The number of nitrogens with two attached hydrogens (primary N) is 1. The summed E-state index contributed by atoms with van der Waals surface area (Å²) in [6.45, 7) is 3.75. The van der Waals surface area contributed by atoms with Gasteiger partial charge in [-0.3, -0.25) is 0 Å². The normalized spacial score (nSPS) is 14.5. The Labute approximate surface area is 79.2 Å². The van der Waals surface area contributed by atoms with Crippen molar-refractivity contribution in [3.05, 3.63) is 0 Å². The smallest absolute Gasteiger partial charge is 0.218 e. The van der Waals surface area contributed by atoms with Crippen LogP contribution in [0.5, 0.6) is 0 Å². The first-order valence-electron chi connectivity index (χ1n) is 3.86. The largest absolute Gasteiger partial charge is 0.300 e. The van der Waals surface area contributed by atoms with Crippen LogP contribution in [0.4, 0.5) is 0 Å². The van der Waals surface area contributed by atoms with E-state index in [1.165, 1.54) is 13.8 Å². The van der Waals surface area contributed by atoms with Crippen molar-refractivity contribution in [3.8, 4) is 0 Å². The van der Waals surface area contributed by atoms with Crippen LogP contribution in [0.15, 0.2) is 0 Å². The van der Waals surface area contributed by atoms with Crippen LogP contribution in [0.3, 0.4) is 0 Å². The van der Waals surface area contributed by atoms with Gasteiger partial charge in [0.2, 0.25) is 4.20 Å². The zero-order valence-corrected chi connectivity index (χ0v) is 9.57. The van der Waals surface area contributed by atoms with Crippen molar-refractivity contribution in [2.75, 3.05) is 11.5 Å². The summed E-state index contributed by atoms with van der Waals surface area (Å²) in [6, 6.07) is 0. The Bertz CT molecular complexity index is 329. The lowest BCUT2D eigenvalue weighted by atomic mass is 10.8. The second kappa shape index (κ2) is 3.55. The summed E-state index contributed by atoms with van der Waals surface area (Å²) in [6.07, 6.45) is 0. The van der Waals surface area contributed by atoms with E-state index in [0.29, 0.717) is 0 Å². The van der Waals surface area contributed by atoms with Crippen LogP contribution in [-0.2, 0) is 19.7 Å². The van der Waals surface area contributed by atoms with Gasteiger partial charge in [-0.1, -0.05) is 13.8 Å². The molecule has 0 fully saturated rings. The van der Waals surface area contributed by atoms with Gasteiger partial charge >= 0.3 is 0 Å². The van der Waals surface area contributed by atoms with Crippen molar-refractivity contribution < 1.29 is 16.8 Å². The van der Waals surface area contributed by atoms with Crippen LogP contribution in [-0.4, -0.2) is 32.5 Å². The zero-order chi connectivity index (χ0) is 10.9. The zero-order valence-electron chi connectivity index (χ0n) is 7.94. The van der Waals surface area contributed by atoms with Crippen molar-refractivity contribution in [2.24, 2.45) is 5.73 Å². The van der Waals surface area contributed by atoms with Gasteiger partial charge in [0.05, 0.1) is 11.5 Å². The van der Waals surface area contributed by atoms with E-state index < -0.39 is 23.9 Å². The lowest BCUT2D eigenvalue weighted by molar-refractivity contribution is 0.552. The molecule has 0 atom stereocenters. The van der Waals surface area contributed by atoms with Gasteiger partial charge in [-0.15, -0.1) is 0 Å². The maximum Gasteiger partial charge on any atom is 0.218 e. The summed E-state index contributed by atoms with van der Waals surface area (Å²) in [5, 5.41) is 0. The average molecular weight is 229 g/mol. The van der Waals surface area contributed by atoms with E-state index in [0.717, 1.165) is 6.92 Å². The molecule has 0 aliphatic heterocycles. The molecule has 0 aromatic rings. The van der Waals surface area contributed by atoms with Gasteiger partial charge in [0.15, 0.2) is 19.7 Å². The van der Waals surface area contributed by atoms with Gasteiger partial charge in [-0.25, -0.2) is 16.8 Å². The Hall–Kier alpha value is -0.140. The Balaban J connectivity index is 5.49. The van der Waals surface area contributed by atoms with E-state index in [9.17, 15) is 16.8 Å². The van der Waals surface area contributed by atoms with E-state index in [4.69, 9.17) is 5.73 Å². The Morgan fingerprint density at radius 2 is 1.23 bits per heavy atom. The van der Waals surface area contributed by atoms with Crippen LogP contribution < -0.4 is 5.73 Å². The summed E-state index contributed by atoms with van der Waals surface area (Å²) in [5.74, 6) is -0.557. The lowest BCUT2D eigenvalue weighted by Gasteiger charge is -2.22. The molecule has 5 nitrogen and oxygen atoms in total. The summed E-state index contributed by atoms with van der Waals surface area (Å²) in [5.41, 5.74) is 5.32. The van der Waals surface area contributed by atoms with Crippen LogP contribution in [0.1, 0.15) is 20.8 Å². The predicted octanol–water partition coefficient (Wildman–Crippen LogP) is -0.512. The fourth-order valence-corrected chi connectivity index (χ4v) is 4.17. The third kappa shape index (κ3) is 2.03. The molecule has 0 saturated heterocycles. The molecular weight excluding hydrogens is 214 g/mol. The molecule has 0 saturated carbocycles. The number of hydrogen-bond acceptors (Lipinski definition) is 5. The molecule has 0 unspecified atom stereocenters. The molecular formula is C6H15NO4S2. The Morgan fingerprint density at radius 1 is 1.00 bits per heavy atom. The summed E-state index contributed by atoms with van der Waals surface area (Å²) in [4.78, 5) is 0. The van der Waals surface area contributed by atoms with Crippen molar-refractivity contribution in [2.45, 2.75) is 25.0 Å². The van der Waals surface area contributed by atoms with Gasteiger partial charge in [0.1, 0.15) is 0 Å². The molecule has 0 aliphatic rings. The first kappa shape index (κ1) is 12.9. The minimum Gasteiger partial charge on any atom is -0.300 e. The van der Waals surface area contributed by atoms with Gasteiger partial charge < -0.3 is 5.73 Å². The van der Waals surface area contributed by atoms with Gasteiger partial charge in [-0.2, -0.15) is 0 Å². The first-order chi connectivity index (χ1) is 5.62. The molecule has 0 spiro atoms. The molecule has 7 heteroatoms. The quantitative estimate of drug-likeness (QED) is 0.700. The molecule has 0 aromatic heterocycles. The maximum absolute atomic E-state index is 11.3. The lowest BCUT2D eigenvalue weighted by Crippen LogP contribution is -2.53. The van der Waals surface area contributed by atoms with E-state index >= 15 is 0 Å². The molecule has 13 heavy (non-hydrogen) atoms. The van der Waals surface area contributed by atoms with Crippen molar-refractivity contribution in [1.82, 2.24) is 0 Å². The van der Waals surface area contributed by atoms with E-state index in [1.807, 2.05) is 0 Å². The summed E-state index contributed by atoms with van der Waals surface area (Å²) in [7, 11) is -7.56. The third-order valence-corrected chi connectivity index (χ3v) is 7.51. The molecule has 0 aromatic carbocycles. The van der Waals surface area contributed by atoms with E-state index in [1.54, 1.807) is 0 Å². The number of hydrogen-bond donors (Lipinski definition) is 1. The molecule has 0 radical (unpaired) electrons.